The Balaban J connectivity index is 1.85. The normalized spacial score (nSPS) is 22.8. The van der Waals surface area contributed by atoms with Crippen molar-refractivity contribution < 1.29 is 4.79 Å². The predicted molar refractivity (Wildman–Crippen MR) is 79.8 cm³/mol. The molecule has 2 rings (SSSR count). The van der Waals surface area contributed by atoms with Crippen molar-refractivity contribution in [1.29, 1.82) is 0 Å². The highest BCUT2D eigenvalue weighted by molar-refractivity contribution is 5.91. The molecule has 2 heteroatoms. The largest absolute Gasteiger partial charge is 0.350 e. The first-order valence-electron chi connectivity index (χ1n) is 7.25. The Labute approximate surface area is 115 Å². The second kappa shape index (κ2) is 6.55. The Morgan fingerprint density at radius 2 is 2.05 bits per heavy atom. The van der Waals surface area contributed by atoms with E-state index in [4.69, 9.17) is 0 Å². The molecule has 1 aromatic carbocycles. The van der Waals surface area contributed by atoms with Gasteiger partial charge in [0, 0.05) is 12.1 Å². The Morgan fingerprint density at radius 3 is 2.63 bits per heavy atom. The molecule has 0 aliphatic heterocycles. The predicted octanol–water partition coefficient (Wildman–Crippen LogP) is 3.57. The van der Waals surface area contributed by atoms with E-state index in [0.29, 0.717) is 6.04 Å². The van der Waals surface area contributed by atoms with E-state index in [-0.39, 0.29) is 5.91 Å². The van der Waals surface area contributed by atoms with Crippen molar-refractivity contribution in [2.45, 2.75) is 45.6 Å². The molecule has 1 amide bonds. The second-order valence-electron chi connectivity index (χ2n) is 5.55. The summed E-state index contributed by atoms with van der Waals surface area (Å²) in [5.74, 6) is 0.773. The van der Waals surface area contributed by atoms with Gasteiger partial charge in [-0.1, -0.05) is 38.1 Å². The number of hydrogen-bond donors (Lipinski definition) is 1. The summed E-state index contributed by atoms with van der Waals surface area (Å²) in [4.78, 5) is 11.8. The molecule has 1 fully saturated rings. The van der Waals surface area contributed by atoms with Gasteiger partial charge in [-0.15, -0.1) is 0 Å². The van der Waals surface area contributed by atoms with Crippen LogP contribution in [0, 0.1) is 5.92 Å². The van der Waals surface area contributed by atoms with Crippen LogP contribution in [0.4, 0.5) is 0 Å². The molecular formula is C17H23NO. The van der Waals surface area contributed by atoms with Gasteiger partial charge in [0.25, 0.3) is 0 Å². The molecule has 0 heterocycles. The van der Waals surface area contributed by atoms with Crippen LogP contribution in [0.25, 0.3) is 6.08 Å². The lowest BCUT2D eigenvalue weighted by Gasteiger charge is -2.10. The highest BCUT2D eigenvalue weighted by atomic mass is 16.1. The van der Waals surface area contributed by atoms with Gasteiger partial charge in [-0.2, -0.15) is 0 Å². The van der Waals surface area contributed by atoms with E-state index >= 15 is 0 Å². The lowest BCUT2D eigenvalue weighted by Crippen LogP contribution is -2.31. The standard InChI is InChI=1S/C17H23NO/c1-3-14-5-7-15(8-6-14)9-11-17(19)18-16-10-4-13(2)12-16/h5-9,11,13,16H,3-4,10,12H2,1-2H3,(H,18,19)/b11-9+. The van der Waals surface area contributed by atoms with E-state index in [1.165, 1.54) is 12.0 Å². The first-order chi connectivity index (χ1) is 9.17. The van der Waals surface area contributed by atoms with E-state index in [1.54, 1.807) is 6.08 Å². The highest BCUT2D eigenvalue weighted by Gasteiger charge is 2.21. The summed E-state index contributed by atoms with van der Waals surface area (Å²) in [6.07, 6.45) is 8.03. The monoisotopic (exact) mass is 257 g/mol. The first-order valence-corrected chi connectivity index (χ1v) is 7.25. The molecule has 0 saturated heterocycles. The topological polar surface area (TPSA) is 29.1 Å². The van der Waals surface area contributed by atoms with E-state index in [2.05, 4.69) is 43.4 Å². The van der Waals surface area contributed by atoms with Crippen LogP contribution in [0.2, 0.25) is 0 Å². The Hall–Kier alpha value is -1.57. The van der Waals surface area contributed by atoms with Gasteiger partial charge in [-0.05, 0) is 48.8 Å². The summed E-state index contributed by atoms with van der Waals surface area (Å²) >= 11 is 0. The van der Waals surface area contributed by atoms with E-state index in [9.17, 15) is 4.79 Å². The average molecular weight is 257 g/mol. The highest BCUT2D eigenvalue weighted by Crippen LogP contribution is 2.24. The summed E-state index contributed by atoms with van der Waals surface area (Å²) < 4.78 is 0. The number of hydrogen-bond acceptors (Lipinski definition) is 1. The Bertz CT molecular complexity index is 447. The van der Waals surface area contributed by atoms with Crippen molar-refractivity contribution in [2.24, 2.45) is 5.92 Å². The first kappa shape index (κ1) is 13.9. The zero-order valence-electron chi connectivity index (χ0n) is 11.9. The fourth-order valence-corrected chi connectivity index (χ4v) is 2.62. The summed E-state index contributed by atoms with van der Waals surface area (Å²) in [6, 6.07) is 8.70. The summed E-state index contributed by atoms with van der Waals surface area (Å²) in [5, 5.41) is 3.08. The molecule has 1 aliphatic carbocycles. The van der Waals surface area contributed by atoms with Gasteiger partial charge in [-0.3, -0.25) is 4.79 Å². The van der Waals surface area contributed by atoms with Gasteiger partial charge in [-0.25, -0.2) is 0 Å². The summed E-state index contributed by atoms with van der Waals surface area (Å²) in [7, 11) is 0. The number of carbonyl (C=O) groups excluding carboxylic acids is 1. The minimum Gasteiger partial charge on any atom is -0.350 e. The molecule has 19 heavy (non-hydrogen) atoms. The Morgan fingerprint density at radius 1 is 1.32 bits per heavy atom. The van der Waals surface area contributed by atoms with E-state index in [0.717, 1.165) is 30.7 Å². The zero-order chi connectivity index (χ0) is 13.7. The van der Waals surface area contributed by atoms with Crippen LogP contribution in [0.5, 0.6) is 0 Å². The third-order valence-corrected chi connectivity index (χ3v) is 3.86. The zero-order valence-corrected chi connectivity index (χ0v) is 11.9. The molecule has 0 aromatic heterocycles. The van der Waals surface area contributed by atoms with Crippen molar-refractivity contribution in [3.05, 3.63) is 41.5 Å². The molecule has 1 N–H and O–H groups in total. The molecule has 1 saturated carbocycles. The second-order valence-corrected chi connectivity index (χ2v) is 5.55. The van der Waals surface area contributed by atoms with E-state index in [1.807, 2.05) is 6.08 Å². The van der Waals surface area contributed by atoms with Crippen molar-refractivity contribution in [3.8, 4) is 0 Å². The number of aryl methyl sites for hydroxylation is 1. The minimum absolute atomic E-state index is 0.0265. The van der Waals surface area contributed by atoms with Crippen molar-refractivity contribution in [2.75, 3.05) is 0 Å². The molecular weight excluding hydrogens is 234 g/mol. The summed E-state index contributed by atoms with van der Waals surface area (Å²) in [6.45, 7) is 4.39. The molecule has 0 radical (unpaired) electrons. The number of carbonyl (C=O) groups is 1. The van der Waals surface area contributed by atoms with Crippen LogP contribution in [-0.4, -0.2) is 11.9 Å². The van der Waals surface area contributed by atoms with Gasteiger partial charge in [0.1, 0.15) is 0 Å². The third-order valence-electron chi connectivity index (χ3n) is 3.86. The van der Waals surface area contributed by atoms with Crippen LogP contribution in [-0.2, 0) is 11.2 Å². The van der Waals surface area contributed by atoms with Crippen LogP contribution in [0.1, 0.15) is 44.2 Å². The van der Waals surface area contributed by atoms with E-state index < -0.39 is 0 Å². The fraction of sp³-hybridized carbons (Fsp3) is 0.471. The van der Waals surface area contributed by atoms with Crippen LogP contribution >= 0.6 is 0 Å². The van der Waals surface area contributed by atoms with Gasteiger partial charge < -0.3 is 5.32 Å². The SMILES string of the molecule is CCc1ccc(/C=C/C(=O)NC2CCC(C)C2)cc1. The summed E-state index contributed by atoms with van der Waals surface area (Å²) in [5.41, 5.74) is 2.40. The molecule has 2 atom stereocenters. The van der Waals surface area contributed by atoms with Gasteiger partial charge >= 0.3 is 0 Å². The smallest absolute Gasteiger partial charge is 0.244 e. The molecule has 1 aromatic rings. The lowest BCUT2D eigenvalue weighted by atomic mass is 10.1. The molecule has 1 aliphatic rings. The number of amides is 1. The van der Waals surface area contributed by atoms with Crippen LogP contribution < -0.4 is 5.32 Å². The maximum absolute atomic E-state index is 11.8. The van der Waals surface area contributed by atoms with Crippen LogP contribution in [0.3, 0.4) is 0 Å². The molecule has 0 spiro atoms. The third kappa shape index (κ3) is 4.23. The maximum Gasteiger partial charge on any atom is 0.244 e. The van der Waals surface area contributed by atoms with Gasteiger partial charge in [0.15, 0.2) is 0 Å². The average Bonchev–Trinajstić information content (AvgIpc) is 2.82. The maximum atomic E-state index is 11.8. The van der Waals surface area contributed by atoms with Crippen LogP contribution in [0.15, 0.2) is 30.3 Å². The molecule has 2 nitrogen and oxygen atoms in total. The van der Waals surface area contributed by atoms with Crippen molar-refractivity contribution >= 4 is 12.0 Å². The number of rotatable bonds is 4. The van der Waals surface area contributed by atoms with Gasteiger partial charge in [0.2, 0.25) is 5.91 Å². The fourth-order valence-electron chi connectivity index (χ4n) is 2.62. The molecule has 102 valence electrons. The van der Waals surface area contributed by atoms with Gasteiger partial charge in [0.05, 0.1) is 0 Å². The minimum atomic E-state index is 0.0265. The number of nitrogens with one attached hydrogen (secondary N) is 1. The molecule has 2 unspecified atom stereocenters. The Kier molecular flexibility index (Phi) is 4.78. The quantitative estimate of drug-likeness (QED) is 0.821. The van der Waals surface area contributed by atoms with Crippen molar-refractivity contribution in [3.63, 3.8) is 0 Å². The molecule has 0 bridgehead atoms. The van der Waals surface area contributed by atoms with Crippen molar-refractivity contribution in [1.82, 2.24) is 5.32 Å². The number of benzene rings is 1. The lowest BCUT2D eigenvalue weighted by molar-refractivity contribution is -0.117.